The second-order valence-electron chi connectivity index (χ2n) is 5.27. The van der Waals surface area contributed by atoms with E-state index >= 15 is 0 Å². The minimum Gasteiger partial charge on any atom is -0.338 e. The van der Waals surface area contributed by atoms with Crippen LogP contribution in [0.3, 0.4) is 0 Å². The van der Waals surface area contributed by atoms with Gasteiger partial charge >= 0.3 is 6.03 Å². The largest absolute Gasteiger partial charge is 0.338 e. The van der Waals surface area contributed by atoms with Gasteiger partial charge in [0.2, 0.25) is 0 Å². The summed E-state index contributed by atoms with van der Waals surface area (Å²) < 4.78 is 1.87. The van der Waals surface area contributed by atoms with Crippen LogP contribution in [0.5, 0.6) is 0 Å². The lowest BCUT2D eigenvalue weighted by Gasteiger charge is -2.13. The smallest absolute Gasteiger partial charge is 0.314 e. The standard InChI is InChI=1S/C16H21ClN4OS/c1-13(12-21-9-2-7-20-21)11-19-16(22)18-8-10-23-15-5-3-14(17)4-6-15/h2-7,9,13H,8,10-12H2,1H3,(H2,18,19,22). The zero-order valence-electron chi connectivity index (χ0n) is 13.0. The summed E-state index contributed by atoms with van der Waals surface area (Å²) >= 11 is 7.52. The molecule has 0 saturated heterocycles. The SMILES string of the molecule is CC(CNC(=O)NCCSc1ccc(Cl)cc1)Cn1cccn1. The number of thioether (sulfide) groups is 1. The number of hydrogen-bond donors (Lipinski definition) is 2. The van der Waals surface area contributed by atoms with E-state index in [2.05, 4.69) is 22.7 Å². The van der Waals surface area contributed by atoms with Gasteiger partial charge in [-0.15, -0.1) is 11.8 Å². The fourth-order valence-electron chi connectivity index (χ4n) is 1.99. The fourth-order valence-corrected chi connectivity index (χ4v) is 2.88. The third-order valence-corrected chi connectivity index (χ3v) is 4.40. The van der Waals surface area contributed by atoms with Crippen LogP contribution in [0.25, 0.3) is 0 Å². The van der Waals surface area contributed by atoms with E-state index in [4.69, 9.17) is 11.6 Å². The third-order valence-electron chi connectivity index (χ3n) is 3.14. The zero-order chi connectivity index (χ0) is 16.5. The van der Waals surface area contributed by atoms with Crippen LogP contribution in [0.2, 0.25) is 5.02 Å². The van der Waals surface area contributed by atoms with Crippen molar-refractivity contribution in [3.05, 3.63) is 47.7 Å². The summed E-state index contributed by atoms with van der Waals surface area (Å²) in [6.45, 7) is 4.11. The van der Waals surface area contributed by atoms with Crippen LogP contribution in [0.15, 0.2) is 47.6 Å². The first-order chi connectivity index (χ1) is 11.1. The number of hydrogen-bond acceptors (Lipinski definition) is 3. The third kappa shape index (κ3) is 6.97. The monoisotopic (exact) mass is 352 g/mol. The molecule has 0 bridgehead atoms. The quantitative estimate of drug-likeness (QED) is 0.566. The summed E-state index contributed by atoms with van der Waals surface area (Å²) in [7, 11) is 0. The van der Waals surface area contributed by atoms with Gasteiger partial charge < -0.3 is 10.6 Å². The van der Waals surface area contributed by atoms with Gasteiger partial charge in [0, 0.05) is 47.7 Å². The van der Waals surface area contributed by atoms with Gasteiger partial charge in [-0.1, -0.05) is 18.5 Å². The van der Waals surface area contributed by atoms with Gasteiger partial charge in [-0.3, -0.25) is 4.68 Å². The summed E-state index contributed by atoms with van der Waals surface area (Å²) in [5.41, 5.74) is 0. The Hall–Kier alpha value is -1.66. The second-order valence-corrected chi connectivity index (χ2v) is 6.88. The van der Waals surface area contributed by atoms with Gasteiger partial charge in [0.15, 0.2) is 0 Å². The molecule has 1 aromatic carbocycles. The van der Waals surface area contributed by atoms with Gasteiger partial charge in [-0.2, -0.15) is 5.10 Å². The number of rotatable bonds is 8. The molecule has 23 heavy (non-hydrogen) atoms. The predicted molar refractivity (Wildman–Crippen MR) is 95.0 cm³/mol. The molecule has 1 atom stereocenters. The van der Waals surface area contributed by atoms with Crippen LogP contribution in [0, 0.1) is 5.92 Å². The van der Waals surface area contributed by atoms with Gasteiger partial charge in [-0.05, 0) is 36.2 Å². The van der Waals surface area contributed by atoms with Crippen molar-refractivity contribution in [2.75, 3.05) is 18.8 Å². The van der Waals surface area contributed by atoms with E-state index in [-0.39, 0.29) is 6.03 Å². The Morgan fingerprint density at radius 1 is 1.35 bits per heavy atom. The highest BCUT2D eigenvalue weighted by Crippen LogP contribution is 2.19. The molecule has 2 rings (SSSR count). The van der Waals surface area contributed by atoms with Crippen molar-refractivity contribution in [2.24, 2.45) is 5.92 Å². The van der Waals surface area contributed by atoms with Gasteiger partial charge in [0.05, 0.1) is 0 Å². The predicted octanol–water partition coefficient (Wildman–Crippen LogP) is 3.26. The molecule has 2 aromatic rings. The van der Waals surface area contributed by atoms with Crippen molar-refractivity contribution < 1.29 is 4.79 Å². The second kappa shape index (κ2) is 9.47. The van der Waals surface area contributed by atoms with Crippen molar-refractivity contribution in [2.45, 2.75) is 18.4 Å². The van der Waals surface area contributed by atoms with E-state index < -0.39 is 0 Å². The number of aromatic nitrogens is 2. The Morgan fingerprint density at radius 2 is 2.13 bits per heavy atom. The minimum absolute atomic E-state index is 0.131. The molecule has 0 saturated carbocycles. The van der Waals surface area contributed by atoms with E-state index in [1.165, 1.54) is 0 Å². The number of carbonyl (C=O) groups excluding carboxylic acids is 1. The maximum absolute atomic E-state index is 11.7. The molecular formula is C16H21ClN4OS. The molecule has 2 N–H and O–H groups in total. The molecule has 2 amide bonds. The summed E-state index contributed by atoms with van der Waals surface area (Å²) in [6.07, 6.45) is 3.68. The minimum atomic E-state index is -0.131. The molecule has 1 aromatic heterocycles. The first-order valence-corrected chi connectivity index (χ1v) is 8.87. The molecular weight excluding hydrogens is 332 g/mol. The van der Waals surface area contributed by atoms with Crippen molar-refractivity contribution in [3.8, 4) is 0 Å². The first kappa shape index (κ1) is 17.7. The number of nitrogens with zero attached hydrogens (tertiary/aromatic N) is 2. The summed E-state index contributed by atoms with van der Waals surface area (Å²) in [5, 5.41) is 10.6. The average molecular weight is 353 g/mol. The summed E-state index contributed by atoms with van der Waals surface area (Å²) in [5.74, 6) is 1.14. The van der Waals surface area contributed by atoms with Gasteiger partial charge in [0.1, 0.15) is 0 Å². The molecule has 1 heterocycles. The molecule has 0 fully saturated rings. The molecule has 5 nitrogen and oxygen atoms in total. The average Bonchev–Trinajstić information content (AvgIpc) is 3.04. The Morgan fingerprint density at radius 3 is 2.83 bits per heavy atom. The van der Waals surface area contributed by atoms with Crippen molar-refractivity contribution in [1.82, 2.24) is 20.4 Å². The number of halogens is 1. The van der Waals surface area contributed by atoms with Crippen LogP contribution in [0.1, 0.15) is 6.92 Å². The van der Waals surface area contributed by atoms with E-state index in [9.17, 15) is 4.79 Å². The molecule has 0 aliphatic carbocycles. The highest BCUT2D eigenvalue weighted by molar-refractivity contribution is 7.99. The zero-order valence-corrected chi connectivity index (χ0v) is 14.6. The molecule has 0 aliphatic rings. The lowest BCUT2D eigenvalue weighted by atomic mass is 10.2. The molecule has 0 radical (unpaired) electrons. The van der Waals surface area contributed by atoms with Crippen molar-refractivity contribution in [3.63, 3.8) is 0 Å². The molecule has 1 unspecified atom stereocenters. The summed E-state index contributed by atoms with van der Waals surface area (Å²) in [6, 6.07) is 9.45. The molecule has 0 aliphatic heterocycles. The highest BCUT2D eigenvalue weighted by Gasteiger charge is 2.06. The fraction of sp³-hybridized carbons (Fsp3) is 0.375. The van der Waals surface area contributed by atoms with E-state index in [0.29, 0.717) is 19.0 Å². The van der Waals surface area contributed by atoms with Crippen molar-refractivity contribution in [1.29, 1.82) is 0 Å². The van der Waals surface area contributed by atoms with Crippen LogP contribution in [-0.2, 0) is 6.54 Å². The van der Waals surface area contributed by atoms with Crippen LogP contribution in [0.4, 0.5) is 4.79 Å². The maximum Gasteiger partial charge on any atom is 0.314 e. The Bertz CT molecular complexity index is 589. The normalized spacial score (nSPS) is 11.9. The Labute approximate surface area is 145 Å². The van der Waals surface area contributed by atoms with Gasteiger partial charge in [-0.25, -0.2) is 4.79 Å². The van der Waals surface area contributed by atoms with Crippen molar-refractivity contribution >= 4 is 29.4 Å². The number of nitrogens with one attached hydrogen (secondary N) is 2. The maximum atomic E-state index is 11.7. The van der Waals surface area contributed by atoms with E-state index in [1.807, 2.05) is 41.2 Å². The van der Waals surface area contributed by atoms with Crippen LogP contribution in [-0.4, -0.2) is 34.7 Å². The molecule has 0 spiro atoms. The number of urea groups is 1. The number of amides is 2. The number of benzene rings is 1. The number of carbonyl (C=O) groups is 1. The first-order valence-electron chi connectivity index (χ1n) is 7.51. The molecule has 124 valence electrons. The Kier molecular flexibility index (Phi) is 7.29. The highest BCUT2D eigenvalue weighted by atomic mass is 35.5. The Balaban J connectivity index is 1.55. The lowest BCUT2D eigenvalue weighted by molar-refractivity contribution is 0.239. The summed E-state index contributed by atoms with van der Waals surface area (Å²) in [4.78, 5) is 12.9. The van der Waals surface area contributed by atoms with E-state index in [1.54, 1.807) is 18.0 Å². The lowest BCUT2D eigenvalue weighted by Crippen LogP contribution is -2.39. The van der Waals surface area contributed by atoms with Gasteiger partial charge in [0.25, 0.3) is 0 Å². The van der Waals surface area contributed by atoms with E-state index in [0.717, 1.165) is 22.2 Å². The molecule has 7 heteroatoms. The van der Waals surface area contributed by atoms with Crippen LogP contribution >= 0.6 is 23.4 Å². The topological polar surface area (TPSA) is 59.0 Å². The van der Waals surface area contributed by atoms with Crippen LogP contribution < -0.4 is 10.6 Å².